The van der Waals surface area contributed by atoms with Gasteiger partial charge in [-0.1, -0.05) is 41.1 Å². The van der Waals surface area contributed by atoms with Gasteiger partial charge in [-0.3, -0.25) is 14.9 Å². The van der Waals surface area contributed by atoms with Crippen LogP contribution >= 0.6 is 22.9 Å². The van der Waals surface area contributed by atoms with E-state index in [1.54, 1.807) is 28.0 Å². The number of benzene rings is 1. The molecule has 1 saturated heterocycles. The maximum Gasteiger partial charge on any atom is 0.305 e. The van der Waals surface area contributed by atoms with E-state index in [0.717, 1.165) is 29.2 Å². The van der Waals surface area contributed by atoms with E-state index in [2.05, 4.69) is 0 Å². The summed E-state index contributed by atoms with van der Waals surface area (Å²) >= 11 is 7.00. The first-order valence-corrected chi connectivity index (χ1v) is 11.5. The Bertz CT molecular complexity index is 1010. The summed E-state index contributed by atoms with van der Waals surface area (Å²) in [7, 11) is -3.53. The van der Waals surface area contributed by atoms with Crippen molar-refractivity contribution in [3.63, 3.8) is 0 Å². The van der Waals surface area contributed by atoms with E-state index in [-0.39, 0.29) is 22.2 Å². The Labute approximate surface area is 171 Å². The fraction of sp³-hybridized carbons (Fsp3) is 0.353. The van der Waals surface area contributed by atoms with Gasteiger partial charge in [0.05, 0.1) is 11.3 Å². The molecule has 1 amide bonds. The second-order valence-corrected chi connectivity index (χ2v) is 10.1. The normalized spacial score (nSPS) is 14.9. The third-order valence-electron chi connectivity index (χ3n) is 4.45. The van der Waals surface area contributed by atoms with Crippen LogP contribution in [0, 0.1) is 10.1 Å². The second-order valence-electron chi connectivity index (χ2n) is 6.42. The minimum atomic E-state index is -3.53. The number of rotatable bonds is 5. The van der Waals surface area contributed by atoms with Crippen LogP contribution in [0.5, 0.6) is 0 Å². The molecule has 1 aliphatic heterocycles. The molecule has 11 heteroatoms. The smallest absolute Gasteiger partial charge is 0.305 e. The Morgan fingerprint density at radius 3 is 2.46 bits per heavy atom. The molecule has 2 heterocycles. The topological polar surface area (TPSA) is 101 Å². The summed E-state index contributed by atoms with van der Waals surface area (Å²) in [6.07, 6.45) is 1.22. The monoisotopic (exact) mass is 443 g/mol. The third-order valence-corrected chi connectivity index (χ3v) is 7.81. The molecule has 0 bridgehead atoms. The van der Waals surface area contributed by atoms with E-state index in [4.69, 9.17) is 11.6 Å². The molecule has 0 aliphatic carbocycles. The summed E-state index contributed by atoms with van der Waals surface area (Å²) in [5.41, 5.74) is 0.532. The molecule has 0 radical (unpaired) electrons. The van der Waals surface area contributed by atoms with E-state index in [1.807, 2.05) is 6.07 Å². The van der Waals surface area contributed by atoms with Crippen LogP contribution in [0.1, 0.15) is 5.56 Å². The first-order valence-electron chi connectivity index (χ1n) is 8.41. The van der Waals surface area contributed by atoms with Gasteiger partial charge in [0.25, 0.3) is 0 Å². The maximum absolute atomic E-state index is 12.5. The molecule has 0 N–H and O–H groups in total. The van der Waals surface area contributed by atoms with Crippen molar-refractivity contribution in [1.82, 2.24) is 4.90 Å². The maximum atomic E-state index is 12.5. The van der Waals surface area contributed by atoms with E-state index >= 15 is 0 Å². The molecule has 28 heavy (non-hydrogen) atoms. The molecule has 0 saturated carbocycles. The van der Waals surface area contributed by atoms with Gasteiger partial charge in [0, 0.05) is 43.5 Å². The highest BCUT2D eigenvalue weighted by Crippen LogP contribution is 2.40. The Kier molecular flexibility index (Phi) is 5.92. The van der Waals surface area contributed by atoms with Gasteiger partial charge in [0.1, 0.15) is 4.21 Å². The highest BCUT2D eigenvalue weighted by Gasteiger charge is 2.30. The number of amides is 1. The van der Waals surface area contributed by atoms with Crippen molar-refractivity contribution in [3.8, 4) is 0 Å². The summed E-state index contributed by atoms with van der Waals surface area (Å²) < 4.78 is 23.5. The Balaban J connectivity index is 1.70. The molecule has 1 aromatic heterocycles. The van der Waals surface area contributed by atoms with Gasteiger partial charge in [-0.05, 0) is 11.6 Å². The van der Waals surface area contributed by atoms with Crippen molar-refractivity contribution in [3.05, 3.63) is 51.0 Å². The minimum Gasteiger partial charge on any atom is -0.354 e. The van der Waals surface area contributed by atoms with Crippen LogP contribution < -0.4 is 4.90 Å². The molecule has 3 rings (SSSR count). The van der Waals surface area contributed by atoms with Crippen molar-refractivity contribution in [2.75, 3.05) is 37.3 Å². The van der Waals surface area contributed by atoms with Gasteiger partial charge in [0.15, 0.2) is 14.8 Å². The SMILES string of the molecule is CS(=O)(=O)c1cc([N+](=O)[O-])c(N2CCN(C(=O)Cc3ccccc3Cl)CC2)s1. The predicted octanol–water partition coefficient (Wildman–Crippen LogP) is 2.60. The third kappa shape index (κ3) is 4.45. The summed E-state index contributed by atoms with van der Waals surface area (Å²) in [6, 6.07) is 8.26. The highest BCUT2D eigenvalue weighted by atomic mass is 35.5. The number of nitro groups is 1. The summed E-state index contributed by atoms with van der Waals surface area (Å²) in [5, 5.41) is 12.2. The van der Waals surface area contributed by atoms with Gasteiger partial charge in [-0.2, -0.15) is 0 Å². The van der Waals surface area contributed by atoms with Crippen LogP contribution in [-0.2, 0) is 21.1 Å². The van der Waals surface area contributed by atoms with Gasteiger partial charge < -0.3 is 9.80 Å². The van der Waals surface area contributed by atoms with Crippen LogP contribution in [0.2, 0.25) is 5.02 Å². The highest BCUT2D eigenvalue weighted by molar-refractivity contribution is 7.92. The van der Waals surface area contributed by atoms with Gasteiger partial charge in [0.2, 0.25) is 5.91 Å². The number of piperazine rings is 1. The summed E-state index contributed by atoms with van der Waals surface area (Å²) in [5.74, 6) is -0.0646. The number of nitrogens with zero attached hydrogens (tertiary/aromatic N) is 3. The van der Waals surface area contributed by atoms with Crippen molar-refractivity contribution in [2.45, 2.75) is 10.6 Å². The van der Waals surface area contributed by atoms with Gasteiger partial charge in [-0.15, -0.1) is 0 Å². The molecule has 150 valence electrons. The predicted molar refractivity (Wildman–Crippen MR) is 108 cm³/mol. The van der Waals surface area contributed by atoms with Gasteiger partial charge >= 0.3 is 5.69 Å². The largest absolute Gasteiger partial charge is 0.354 e. The number of hydrogen-bond acceptors (Lipinski definition) is 7. The van der Waals surface area contributed by atoms with E-state index in [1.165, 1.54) is 0 Å². The number of sulfone groups is 1. The lowest BCUT2D eigenvalue weighted by atomic mass is 10.1. The standard InChI is InChI=1S/C17H18ClN3O5S2/c1-28(25,26)16-11-14(21(23)24)17(27-16)20-8-6-19(7-9-20)15(22)10-12-4-2-3-5-13(12)18/h2-5,11H,6-10H2,1H3. The second kappa shape index (κ2) is 8.06. The zero-order chi connectivity index (χ0) is 20.5. The fourth-order valence-electron chi connectivity index (χ4n) is 2.97. The molecular weight excluding hydrogens is 426 g/mol. The summed E-state index contributed by atoms with van der Waals surface area (Å²) in [4.78, 5) is 26.7. The minimum absolute atomic E-state index is 0.0357. The lowest BCUT2D eigenvalue weighted by Crippen LogP contribution is -2.49. The number of carbonyl (C=O) groups is 1. The van der Waals surface area contributed by atoms with Crippen LogP contribution in [0.15, 0.2) is 34.5 Å². The Morgan fingerprint density at radius 1 is 1.25 bits per heavy atom. The number of hydrogen-bond donors (Lipinski definition) is 0. The molecule has 0 spiro atoms. The average molecular weight is 444 g/mol. The lowest BCUT2D eigenvalue weighted by Gasteiger charge is -2.35. The van der Waals surface area contributed by atoms with Crippen molar-refractivity contribution in [2.24, 2.45) is 0 Å². The fourth-order valence-corrected chi connectivity index (χ4v) is 5.25. The number of carbonyl (C=O) groups excluding carboxylic acids is 1. The molecular formula is C17H18ClN3O5S2. The van der Waals surface area contributed by atoms with Crippen LogP contribution in [-0.4, -0.2) is 56.6 Å². The first kappa shape index (κ1) is 20.6. The van der Waals surface area contributed by atoms with Crippen molar-refractivity contribution >= 4 is 49.4 Å². The molecule has 8 nitrogen and oxygen atoms in total. The van der Waals surface area contributed by atoms with E-state index < -0.39 is 14.8 Å². The molecule has 2 aromatic rings. The zero-order valence-corrected chi connectivity index (χ0v) is 17.4. The zero-order valence-electron chi connectivity index (χ0n) is 15.0. The number of halogens is 1. The molecule has 1 aliphatic rings. The quantitative estimate of drug-likeness (QED) is 0.520. The molecule has 1 fully saturated rings. The summed E-state index contributed by atoms with van der Waals surface area (Å²) in [6.45, 7) is 1.57. The average Bonchev–Trinajstić information content (AvgIpc) is 3.10. The number of thiophene rings is 1. The first-order chi connectivity index (χ1) is 13.2. The van der Waals surface area contributed by atoms with Crippen LogP contribution in [0.25, 0.3) is 0 Å². The van der Waals surface area contributed by atoms with Crippen molar-refractivity contribution < 1.29 is 18.1 Å². The van der Waals surface area contributed by atoms with Crippen molar-refractivity contribution in [1.29, 1.82) is 0 Å². The molecule has 1 aromatic carbocycles. The van der Waals surface area contributed by atoms with Gasteiger partial charge in [-0.25, -0.2) is 8.42 Å². The van der Waals surface area contributed by atoms with E-state index in [0.29, 0.717) is 36.2 Å². The molecule has 0 atom stereocenters. The Morgan fingerprint density at radius 2 is 1.89 bits per heavy atom. The molecule has 0 unspecified atom stereocenters. The van der Waals surface area contributed by atoms with E-state index in [9.17, 15) is 23.3 Å². The lowest BCUT2D eigenvalue weighted by molar-refractivity contribution is -0.383. The van der Waals surface area contributed by atoms with Crippen LogP contribution in [0.3, 0.4) is 0 Å². The van der Waals surface area contributed by atoms with Crippen LogP contribution in [0.4, 0.5) is 10.7 Å². The Hall–Kier alpha value is -2.17. The number of anilines is 1.